The molecule has 23 heavy (non-hydrogen) atoms. The zero-order valence-electron chi connectivity index (χ0n) is 13.4. The summed E-state index contributed by atoms with van der Waals surface area (Å²) >= 11 is 5.70. The molecular formula is C18H24N2O2S. The number of ether oxygens (including phenoxy) is 2. The van der Waals surface area contributed by atoms with Crippen LogP contribution in [0.25, 0.3) is 0 Å². The maximum atomic E-state index is 5.70. The molecule has 0 spiro atoms. The first-order valence-corrected chi connectivity index (χ1v) is 9.15. The maximum absolute atomic E-state index is 5.70. The number of likely N-dealkylation sites (tertiary alicyclic amines) is 1. The zero-order chi connectivity index (χ0) is 15.6. The summed E-state index contributed by atoms with van der Waals surface area (Å²) in [6.45, 7) is 2.17. The van der Waals surface area contributed by atoms with E-state index in [1.54, 1.807) is 0 Å². The van der Waals surface area contributed by atoms with Gasteiger partial charge in [-0.1, -0.05) is 18.9 Å². The van der Waals surface area contributed by atoms with Gasteiger partial charge in [0.25, 0.3) is 0 Å². The first-order valence-electron chi connectivity index (χ1n) is 8.74. The van der Waals surface area contributed by atoms with Crippen molar-refractivity contribution in [1.82, 2.24) is 10.2 Å². The summed E-state index contributed by atoms with van der Waals surface area (Å²) in [7, 11) is 0. The van der Waals surface area contributed by atoms with Gasteiger partial charge in [-0.2, -0.15) is 0 Å². The number of rotatable bonds is 2. The van der Waals surface area contributed by atoms with Gasteiger partial charge in [0.15, 0.2) is 16.6 Å². The second kappa shape index (κ2) is 6.56. The minimum Gasteiger partial charge on any atom is -0.454 e. The van der Waals surface area contributed by atoms with Gasteiger partial charge in [0, 0.05) is 19.1 Å². The van der Waals surface area contributed by atoms with Crippen LogP contribution in [-0.2, 0) is 6.54 Å². The van der Waals surface area contributed by atoms with Crippen molar-refractivity contribution in [2.24, 2.45) is 5.92 Å². The Morgan fingerprint density at radius 3 is 2.91 bits per heavy atom. The second-order valence-corrected chi connectivity index (χ2v) is 7.18. The largest absolute Gasteiger partial charge is 0.454 e. The van der Waals surface area contributed by atoms with E-state index in [1.807, 2.05) is 12.1 Å². The van der Waals surface area contributed by atoms with Crippen molar-refractivity contribution in [2.75, 3.05) is 13.3 Å². The van der Waals surface area contributed by atoms with Crippen LogP contribution in [0.4, 0.5) is 0 Å². The van der Waals surface area contributed by atoms with Gasteiger partial charge in [-0.15, -0.1) is 0 Å². The van der Waals surface area contributed by atoms with Crippen LogP contribution >= 0.6 is 12.2 Å². The Hall–Kier alpha value is -1.49. The van der Waals surface area contributed by atoms with Gasteiger partial charge in [0.2, 0.25) is 6.79 Å². The molecule has 0 bridgehead atoms. The highest BCUT2D eigenvalue weighted by Crippen LogP contribution is 2.35. The lowest BCUT2D eigenvalue weighted by Crippen LogP contribution is -2.52. The molecule has 2 heterocycles. The average molecular weight is 332 g/mol. The molecule has 5 heteroatoms. The Morgan fingerprint density at radius 2 is 1.96 bits per heavy atom. The zero-order valence-corrected chi connectivity index (χ0v) is 14.2. The summed E-state index contributed by atoms with van der Waals surface area (Å²) in [5, 5.41) is 4.37. The number of fused-ring (bicyclic) bond motifs is 2. The quantitative estimate of drug-likeness (QED) is 0.839. The molecule has 1 N–H and O–H groups in total. The van der Waals surface area contributed by atoms with Crippen LogP contribution in [0.1, 0.15) is 44.1 Å². The number of piperidine rings is 1. The smallest absolute Gasteiger partial charge is 0.231 e. The van der Waals surface area contributed by atoms with E-state index < -0.39 is 0 Å². The van der Waals surface area contributed by atoms with E-state index >= 15 is 0 Å². The third-order valence-corrected chi connectivity index (χ3v) is 5.76. The van der Waals surface area contributed by atoms with Crippen LogP contribution in [0, 0.1) is 5.92 Å². The molecule has 3 aliphatic rings. The minimum absolute atomic E-state index is 0.321. The molecule has 124 valence electrons. The Labute approximate surface area is 143 Å². The summed E-state index contributed by atoms with van der Waals surface area (Å²) in [4.78, 5) is 2.45. The molecule has 1 aromatic carbocycles. The average Bonchev–Trinajstić information content (AvgIpc) is 3.07. The first-order chi connectivity index (χ1) is 11.3. The molecule has 2 atom stereocenters. The molecule has 1 saturated heterocycles. The monoisotopic (exact) mass is 332 g/mol. The molecule has 1 aromatic rings. The SMILES string of the molecule is S=C(NCc1ccc2c(c1)OCO2)N1CCC[C@H]2CCCC[C@H]21. The molecule has 4 rings (SSSR count). The standard InChI is InChI=1S/C18H24N2O2S/c23-18(20-9-3-5-14-4-1-2-6-15(14)20)19-11-13-7-8-16-17(10-13)22-12-21-16/h7-8,10,14-15H,1-6,9,11-12H2,(H,19,23)/t14-,15-/m1/s1. The third kappa shape index (κ3) is 3.11. The maximum Gasteiger partial charge on any atom is 0.231 e. The number of hydrogen-bond donors (Lipinski definition) is 1. The molecule has 2 aliphatic heterocycles. The molecule has 0 amide bonds. The van der Waals surface area contributed by atoms with Gasteiger partial charge in [-0.25, -0.2) is 0 Å². The molecule has 2 fully saturated rings. The van der Waals surface area contributed by atoms with Crippen LogP contribution in [-0.4, -0.2) is 29.4 Å². The molecule has 1 aliphatic carbocycles. The number of benzene rings is 1. The summed E-state index contributed by atoms with van der Waals surface area (Å²) < 4.78 is 10.8. The van der Waals surface area contributed by atoms with Gasteiger partial charge in [0.1, 0.15) is 0 Å². The van der Waals surface area contributed by atoms with Crippen LogP contribution < -0.4 is 14.8 Å². The van der Waals surface area contributed by atoms with Gasteiger partial charge in [-0.05, 0) is 61.5 Å². The Balaban J connectivity index is 1.37. The van der Waals surface area contributed by atoms with Gasteiger partial charge < -0.3 is 19.7 Å². The highest BCUT2D eigenvalue weighted by molar-refractivity contribution is 7.80. The van der Waals surface area contributed by atoms with Crippen LogP contribution in [0.15, 0.2) is 18.2 Å². The highest BCUT2D eigenvalue weighted by Gasteiger charge is 2.34. The van der Waals surface area contributed by atoms with Crippen molar-refractivity contribution in [3.05, 3.63) is 23.8 Å². The second-order valence-electron chi connectivity index (χ2n) is 6.79. The molecule has 0 aromatic heterocycles. The molecular weight excluding hydrogens is 308 g/mol. The fourth-order valence-corrected chi connectivity index (χ4v) is 4.51. The summed E-state index contributed by atoms with van der Waals surface area (Å²) in [5.74, 6) is 2.51. The normalized spacial score (nSPS) is 25.8. The summed E-state index contributed by atoms with van der Waals surface area (Å²) in [6.07, 6.45) is 8.08. The van der Waals surface area contributed by atoms with E-state index in [0.717, 1.165) is 35.6 Å². The van der Waals surface area contributed by atoms with Crippen molar-refractivity contribution < 1.29 is 9.47 Å². The predicted octanol–water partition coefficient (Wildman–Crippen LogP) is 3.44. The first kappa shape index (κ1) is 15.1. The van der Waals surface area contributed by atoms with E-state index in [2.05, 4.69) is 16.3 Å². The fourth-order valence-electron chi connectivity index (χ4n) is 4.21. The molecule has 0 unspecified atom stereocenters. The number of nitrogens with zero attached hydrogens (tertiary/aromatic N) is 1. The number of nitrogens with one attached hydrogen (secondary N) is 1. The van der Waals surface area contributed by atoms with Crippen molar-refractivity contribution in [3.8, 4) is 11.5 Å². The van der Waals surface area contributed by atoms with E-state index in [0.29, 0.717) is 12.8 Å². The Kier molecular flexibility index (Phi) is 4.29. The van der Waals surface area contributed by atoms with Gasteiger partial charge in [0.05, 0.1) is 0 Å². The summed E-state index contributed by atoms with van der Waals surface area (Å²) in [6, 6.07) is 6.75. The number of hydrogen-bond acceptors (Lipinski definition) is 3. The Morgan fingerprint density at radius 1 is 1.13 bits per heavy atom. The highest BCUT2D eigenvalue weighted by atomic mass is 32.1. The topological polar surface area (TPSA) is 33.7 Å². The van der Waals surface area contributed by atoms with Gasteiger partial charge >= 0.3 is 0 Å². The van der Waals surface area contributed by atoms with Crippen molar-refractivity contribution in [2.45, 2.75) is 51.1 Å². The molecule has 0 radical (unpaired) electrons. The van der Waals surface area contributed by atoms with Crippen LogP contribution in [0.5, 0.6) is 11.5 Å². The third-order valence-electron chi connectivity index (χ3n) is 5.38. The van der Waals surface area contributed by atoms with E-state index in [1.165, 1.54) is 44.1 Å². The van der Waals surface area contributed by atoms with E-state index in [4.69, 9.17) is 21.7 Å². The van der Waals surface area contributed by atoms with Crippen molar-refractivity contribution in [3.63, 3.8) is 0 Å². The van der Waals surface area contributed by atoms with Crippen molar-refractivity contribution in [1.29, 1.82) is 0 Å². The van der Waals surface area contributed by atoms with Crippen LogP contribution in [0.3, 0.4) is 0 Å². The summed E-state index contributed by atoms with van der Waals surface area (Å²) in [5.41, 5.74) is 1.17. The molecule has 4 nitrogen and oxygen atoms in total. The lowest BCUT2D eigenvalue weighted by molar-refractivity contribution is 0.118. The fraction of sp³-hybridized carbons (Fsp3) is 0.611. The van der Waals surface area contributed by atoms with Gasteiger partial charge in [-0.3, -0.25) is 0 Å². The van der Waals surface area contributed by atoms with E-state index in [9.17, 15) is 0 Å². The van der Waals surface area contributed by atoms with E-state index in [-0.39, 0.29) is 0 Å². The number of thiocarbonyl (C=S) groups is 1. The van der Waals surface area contributed by atoms with Crippen LogP contribution in [0.2, 0.25) is 0 Å². The van der Waals surface area contributed by atoms with Crippen molar-refractivity contribution >= 4 is 17.3 Å². The molecule has 1 saturated carbocycles. The predicted molar refractivity (Wildman–Crippen MR) is 93.7 cm³/mol. The minimum atomic E-state index is 0.321. The lowest BCUT2D eigenvalue weighted by Gasteiger charge is -2.45. The lowest BCUT2D eigenvalue weighted by atomic mass is 9.78. The Bertz CT molecular complexity index is 590.